The molecule has 4 nitrogen and oxygen atoms in total. The van der Waals surface area contributed by atoms with Gasteiger partial charge < -0.3 is 15.2 Å². The van der Waals surface area contributed by atoms with Crippen LogP contribution < -0.4 is 10.1 Å². The number of benzene rings is 1. The summed E-state index contributed by atoms with van der Waals surface area (Å²) in [6, 6.07) is 6.14. The van der Waals surface area contributed by atoms with Gasteiger partial charge in [0.15, 0.2) is 11.5 Å². The van der Waals surface area contributed by atoms with Crippen LogP contribution >= 0.6 is 0 Å². The number of ether oxygens (including phenoxy) is 1. The molecule has 0 amide bonds. The molecule has 2 N–H and O–H groups in total. The first kappa shape index (κ1) is 14.2. The number of aromatic hydroxyl groups is 1. The molecule has 1 unspecified atom stereocenters. The van der Waals surface area contributed by atoms with Gasteiger partial charge in [-0.25, -0.2) is 0 Å². The average Bonchev–Trinajstić information content (AvgIpc) is 2.94. The monoisotopic (exact) mass is 264 g/mol. The van der Waals surface area contributed by atoms with Gasteiger partial charge in [0.2, 0.25) is 0 Å². The summed E-state index contributed by atoms with van der Waals surface area (Å²) in [5, 5.41) is 13.4. The maximum atomic E-state index is 9.99. The molecule has 0 aliphatic carbocycles. The van der Waals surface area contributed by atoms with Crippen LogP contribution in [0.3, 0.4) is 0 Å². The first-order valence-corrected chi connectivity index (χ1v) is 7.02. The molecule has 1 aromatic carbocycles. The van der Waals surface area contributed by atoms with Crippen LogP contribution in [0.15, 0.2) is 18.2 Å². The van der Waals surface area contributed by atoms with E-state index in [1.54, 1.807) is 13.2 Å². The summed E-state index contributed by atoms with van der Waals surface area (Å²) in [5.74, 6) is 0.776. The zero-order valence-electron chi connectivity index (χ0n) is 11.9. The van der Waals surface area contributed by atoms with Crippen molar-refractivity contribution in [2.75, 3.05) is 26.7 Å². The van der Waals surface area contributed by atoms with Gasteiger partial charge in [0, 0.05) is 24.7 Å². The lowest BCUT2D eigenvalue weighted by atomic mass is 10.2. The molecule has 4 heteroatoms. The van der Waals surface area contributed by atoms with E-state index in [0.717, 1.165) is 12.1 Å². The maximum Gasteiger partial charge on any atom is 0.162 e. The molecule has 1 atom stereocenters. The van der Waals surface area contributed by atoms with Crippen molar-refractivity contribution in [1.29, 1.82) is 0 Å². The van der Waals surface area contributed by atoms with Crippen LogP contribution in [0.2, 0.25) is 0 Å². The Morgan fingerprint density at radius 2 is 2.11 bits per heavy atom. The minimum atomic E-state index is 0.242. The molecular formula is C15H24N2O2. The van der Waals surface area contributed by atoms with Crippen LogP contribution in [0.25, 0.3) is 0 Å². The molecule has 1 aromatic rings. The molecule has 0 saturated carbocycles. The highest BCUT2D eigenvalue weighted by Gasteiger charge is 2.17. The van der Waals surface area contributed by atoms with Gasteiger partial charge in [-0.3, -0.25) is 4.90 Å². The number of rotatable bonds is 6. The van der Waals surface area contributed by atoms with Crippen molar-refractivity contribution in [2.24, 2.45) is 0 Å². The molecular weight excluding hydrogens is 240 g/mol. The highest BCUT2D eigenvalue weighted by atomic mass is 16.5. The summed E-state index contributed by atoms with van der Waals surface area (Å²) in [6.07, 6.45) is 2.64. The van der Waals surface area contributed by atoms with Gasteiger partial charge in [-0.2, -0.15) is 0 Å². The SMILES string of the molecule is COc1cccc(CNCC(C)N2CCCC2)c1O. The van der Waals surface area contributed by atoms with E-state index in [1.807, 2.05) is 12.1 Å². The number of likely N-dealkylation sites (tertiary alicyclic amines) is 1. The molecule has 0 aromatic heterocycles. The Bertz CT molecular complexity index is 403. The Morgan fingerprint density at radius 3 is 2.79 bits per heavy atom. The van der Waals surface area contributed by atoms with Gasteiger partial charge in [0.1, 0.15) is 0 Å². The van der Waals surface area contributed by atoms with Gasteiger partial charge in [0.25, 0.3) is 0 Å². The number of phenols is 1. The van der Waals surface area contributed by atoms with Crippen molar-refractivity contribution in [1.82, 2.24) is 10.2 Å². The van der Waals surface area contributed by atoms with Crippen LogP contribution in [-0.2, 0) is 6.54 Å². The molecule has 1 heterocycles. The zero-order chi connectivity index (χ0) is 13.7. The van der Waals surface area contributed by atoms with Gasteiger partial charge >= 0.3 is 0 Å². The van der Waals surface area contributed by atoms with Gasteiger partial charge in [-0.1, -0.05) is 12.1 Å². The minimum Gasteiger partial charge on any atom is -0.504 e. The van der Waals surface area contributed by atoms with Crippen molar-refractivity contribution in [2.45, 2.75) is 32.4 Å². The molecule has 2 rings (SSSR count). The van der Waals surface area contributed by atoms with Gasteiger partial charge in [-0.15, -0.1) is 0 Å². The van der Waals surface area contributed by atoms with Crippen LogP contribution in [0.5, 0.6) is 11.5 Å². The highest BCUT2D eigenvalue weighted by Crippen LogP contribution is 2.29. The van der Waals surface area contributed by atoms with Crippen LogP contribution in [0.4, 0.5) is 0 Å². The van der Waals surface area contributed by atoms with E-state index in [2.05, 4.69) is 17.1 Å². The third kappa shape index (κ3) is 3.61. The van der Waals surface area contributed by atoms with Crippen LogP contribution in [0, 0.1) is 0 Å². The molecule has 0 radical (unpaired) electrons. The van der Waals surface area contributed by atoms with E-state index >= 15 is 0 Å². The van der Waals surface area contributed by atoms with Crippen molar-refractivity contribution in [3.8, 4) is 11.5 Å². The number of nitrogens with zero attached hydrogens (tertiary/aromatic N) is 1. The van der Waals surface area contributed by atoms with Gasteiger partial charge in [-0.05, 0) is 38.9 Å². The van der Waals surface area contributed by atoms with Crippen molar-refractivity contribution in [3.63, 3.8) is 0 Å². The second-order valence-corrected chi connectivity index (χ2v) is 5.19. The molecule has 0 spiro atoms. The lowest BCUT2D eigenvalue weighted by Gasteiger charge is -2.24. The summed E-state index contributed by atoms with van der Waals surface area (Å²) in [6.45, 7) is 6.29. The first-order chi connectivity index (χ1) is 9.22. The largest absolute Gasteiger partial charge is 0.504 e. The second-order valence-electron chi connectivity index (χ2n) is 5.19. The van der Waals surface area contributed by atoms with Crippen molar-refractivity contribution < 1.29 is 9.84 Å². The maximum absolute atomic E-state index is 9.99. The fourth-order valence-electron chi connectivity index (χ4n) is 2.60. The third-order valence-corrected chi connectivity index (χ3v) is 3.82. The normalized spacial score (nSPS) is 17.6. The molecule has 1 aliphatic rings. The fourth-order valence-corrected chi connectivity index (χ4v) is 2.60. The summed E-state index contributed by atoms with van der Waals surface area (Å²) in [4.78, 5) is 2.51. The standard InChI is InChI=1S/C15H24N2O2/c1-12(17-8-3-4-9-17)10-16-11-13-6-5-7-14(19-2)15(13)18/h5-7,12,16,18H,3-4,8-11H2,1-2H3. The van der Waals surface area contributed by atoms with Gasteiger partial charge in [0.05, 0.1) is 7.11 Å². The number of para-hydroxylation sites is 1. The van der Waals surface area contributed by atoms with E-state index in [9.17, 15) is 5.11 Å². The van der Waals surface area contributed by atoms with Crippen molar-refractivity contribution in [3.05, 3.63) is 23.8 Å². The Labute approximate surface area is 115 Å². The molecule has 106 valence electrons. The van der Waals surface area contributed by atoms with E-state index < -0.39 is 0 Å². The second kappa shape index (κ2) is 6.78. The number of nitrogens with one attached hydrogen (secondary N) is 1. The number of hydrogen-bond donors (Lipinski definition) is 2. The molecule has 19 heavy (non-hydrogen) atoms. The molecule has 0 bridgehead atoms. The predicted molar refractivity (Wildman–Crippen MR) is 76.6 cm³/mol. The summed E-state index contributed by atoms with van der Waals surface area (Å²) in [7, 11) is 1.57. The zero-order valence-corrected chi connectivity index (χ0v) is 11.9. The topological polar surface area (TPSA) is 44.7 Å². The Kier molecular flexibility index (Phi) is 5.05. The Hall–Kier alpha value is -1.26. The number of methoxy groups -OCH3 is 1. The summed E-state index contributed by atoms with van der Waals surface area (Å²) >= 11 is 0. The Balaban J connectivity index is 1.82. The van der Waals surface area contributed by atoms with Crippen LogP contribution in [0.1, 0.15) is 25.3 Å². The average molecular weight is 264 g/mol. The van der Waals surface area contributed by atoms with Crippen LogP contribution in [-0.4, -0.2) is 42.8 Å². The lowest BCUT2D eigenvalue weighted by molar-refractivity contribution is 0.251. The summed E-state index contributed by atoms with van der Waals surface area (Å²) in [5.41, 5.74) is 0.882. The van der Waals surface area contributed by atoms with E-state index in [1.165, 1.54) is 25.9 Å². The van der Waals surface area contributed by atoms with Crippen molar-refractivity contribution >= 4 is 0 Å². The predicted octanol–water partition coefficient (Wildman–Crippen LogP) is 1.97. The smallest absolute Gasteiger partial charge is 0.162 e. The van der Waals surface area contributed by atoms with E-state index in [-0.39, 0.29) is 5.75 Å². The Morgan fingerprint density at radius 1 is 1.37 bits per heavy atom. The molecule has 1 aliphatic heterocycles. The van der Waals surface area contributed by atoms with E-state index in [4.69, 9.17) is 4.74 Å². The van der Waals surface area contributed by atoms with E-state index in [0.29, 0.717) is 18.3 Å². The molecule has 1 fully saturated rings. The highest BCUT2D eigenvalue weighted by molar-refractivity contribution is 5.45. The fraction of sp³-hybridized carbons (Fsp3) is 0.600. The quantitative estimate of drug-likeness (QED) is 0.824. The summed E-state index contributed by atoms with van der Waals surface area (Å²) < 4.78 is 5.11. The minimum absolute atomic E-state index is 0.242. The molecule has 1 saturated heterocycles. The lowest BCUT2D eigenvalue weighted by Crippen LogP contribution is -2.38. The first-order valence-electron chi connectivity index (χ1n) is 7.02. The third-order valence-electron chi connectivity index (χ3n) is 3.82. The number of hydrogen-bond acceptors (Lipinski definition) is 4. The number of phenolic OH excluding ortho intramolecular Hbond substituents is 1.